The summed E-state index contributed by atoms with van der Waals surface area (Å²) in [6.45, 7) is 1.83. The minimum Gasteiger partial charge on any atom is -0.399 e. The largest absolute Gasteiger partial charge is 0.399 e. The second kappa shape index (κ2) is 5.94. The molecule has 0 unspecified atom stereocenters. The zero-order chi connectivity index (χ0) is 11.4. The highest BCUT2D eigenvalue weighted by molar-refractivity contribution is 9.10. The molecule has 2 N–H and O–H groups in total. The first kappa shape index (κ1) is 12.3. The van der Waals surface area contributed by atoms with Crippen LogP contribution in [-0.2, 0) is 10.5 Å². The lowest BCUT2D eigenvalue weighted by molar-refractivity contribution is 0.1000. The van der Waals surface area contributed by atoms with E-state index >= 15 is 0 Å². The Balaban J connectivity index is 1.88. The van der Waals surface area contributed by atoms with Crippen molar-refractivity contribution in [1.82, 2.24) is 0 Å². The maximum Gasteiger partial charge on any atom is 0.0476 e. The number of halogens is 1. The first-order valence-electron chi connectivity index (χ1n) is 5.49. The van der Waals surface area contributed by atoms with Gasteiger partial charge in [0.05, 0.1) is 0 Å². The minimum absolute atomic E-state index is 0.748. The zero-order valence-corrected chi connectivity index (χ0v) is 11.5. The van der Waals surface area contributed by atoms with Crippen molar-refractivity contribution < 1.29 is 4.74 Å². The molecule has 0 saturated carbocycles. The van der Waals surface area contributed by atoms with Crippen molar-refractivity contribution in [3.63, 3.8) is 0 Å². The van der Waals surface area contributed by atoms with Crippen molar-refractivity contribution in [2.24, 2.45) is 0 Å². The van der Waals surface area contributed by atoms with Gasteiger partial charge in [0.15, 0.2) is 0 Å². The molecule has 4 heteroatoms. The highest BCUT2D eigenvalue weighted by Crippen LogP contribution is 2.29. The third kappa shape index (κ3) is 3.40. The molecule has 88 valence electrons. The van der Waals surface area contributed by atoms with Gasteiger partial charge >= 0.3 is 0 Å². The van der Waals surface area contributed by atoms with Gasteiger partial charge in [-0.15, -0.1) is 0 Å². The summed E-state index contributed by atoms with van der Waals surface area (Å²) >= 11 is 5.57. The Morgan fingerprint density at radius 1 is 1.38 bits per heavy atom. The molecule has 0 amide bonds. The smallest absolute Gasteiger partial charge is 0.0476 e. The fraction of sp³-hybridized carbons (Fsp3) is 0.500. The molecular weight excluding hydrogens is 286 g/mol. The zero-order valence-electron chi connectivity index (χ0n) is 9.12. The maximum absolute atomic E-state index is 5.71. The second-order valence-electron chi connectivity index (χ2n) is 3.97. The predicted molar refractivity (Wildman–Crippen MR) is 73.7 cm³/mol. The standard InChI is InChI=1S/C12H16BrNOS/c13-12-7-10(14)2-1-9(12)8-16-11-3-5-15-6-4-11/h1-2,7,11H,3-6,8,14H2. The summed E-state index contributed by atoms with van der Waals surface area (Å²) in [7, 11) is 0. The number of rotatable bonds is 3. The Bertz CT molecular complexity index is 353. The Kier molecular flexibility index (Phi) is 4.55. The van der Waals surface area contributed by atoms with Gasteiger partial charge in [-0.3, -0.25) is 0 Å². The summed E-state index contributed by atoms with van der Waals surface area (Å²) in [6, 6.07) is 6.04. The predicted octanol–water partition coefficient (Wildman–Crippen LogP) is 3.44. The van der Waals surface area contributed by atoms with Crippen LogP contribution in [0.2, 0.25) is 0 Å². The van der Waals surface area contributed by atoms with Gasteiger partial charge in [0.25, 0.3) is 0 Å². The summed E-state index contributed by atoms with van der Waals surface area (Å²) in [5.74, 6) is 1.05. The van der Waals surface area contributed by atoms with Crippen LogP contribution >= 0.6 is 27.7 Å². The number of nitrogen functional groups attached to an aromatic ring is 1. The number of ether oxygens (including phenoxy) is 1. The van der Waals surface area contributed by atoms with Crippen molar-refractivity contribution in [3.05, 3.63) is 28.2 Å². The van der Waals surface area contributed by atoms with E-state index in [1.165, 1.54) is 18.4 Å². The fourth-order valence-corrected chi connectivity index (χ4v) is 3.65. The van der Waals surface area contributed by atoms with E-state index < -0.39 is 0 Å². The lowest BCUT2D eigenvalue weighted by atomic mass is 10.2. The third-order valence-corrected chi connectivity index (χ3v) is 4.88. The SMILES string of the molecule is Nc1ccc(CSC2CCOCC2)c(Br)c1. The van der Waals surface area contributed by atoms with Gasteiger partial charge in [-0.2, -0.15) is 11.8 Å². The van der Waals surface area contributed by atoms with Gasteiger partial charge < -0.3 is 10.5 Å². The molecule has 1 heterocycles. The molecule has 0 bridgehead atoms. The Hall–Kier alpha value is -0.190. The average Bonchev–Trinajstić information content (AvgIpc) is 2.29. The molecule has 0 radical (unpaired) electrons. The Labute approximate surface area is 109 Å². The van der Waals surface area contributed by atoms with E-state index in [9.17, 15) is 0 Å². The van der Waals surface area contributed by atoms with Gasteiger partial charge in [0, 0.05) is 34.4 Å². The van der Waals surface area contributed by atoms with Crippen LogP contribution < -0.4 is 5.73 Å². The van der Waals surface area contributed by atoms with Crippen LogP contribution in [0.3, 0.4) is 0 Å². The number of hydrogen-bond donors (Lipinski definition) is 1. The van der Waals surface area contributed by atoms with E-state index in [-0.39, 0.29) is 0 Å². The third-order valence-electron chi connectivity index (χ3n) is 2.72. The monoisotopic (exact) mass is 301 g/mol. The number of hydrogen-bond acceptors (Lipinski definition) is 3. The van der Waals surface area contributed by atoms with Gasteiger partial charge in [0.2, 0.25) is 0 Å². The number of thioether (sulfide) groups is 1. The number of nitrogens with two attached hydrogens (primary N) is 1. The van der Waals surface area contributed by atoms with Crippen molar-refractivity contribution in [1.29, 1.82) is 0 Å². The van der Waals surface area contributed by atoms with Crippen LogP contribution in [0.15, 0.2) is 22.7 Å². The molecule has 1 aliphatic rings. The van der Waals surface area contributed by atoms with Crippen LogP contribution in [0.4, 0.5) is 5.69 Å². The van der Waals surface area contributed by atoms with E-state index in [0.29, 0.717) is 0 Å². The first-order chi connectivity index (χ1) is 7.75. The Morgan fingerprint density at radius 3 is 2.81 bits per heavy atom. The van der Waals surface area contributed by atoms with Crippen molar-refractivity contribution >= 4 is 33.4 Å². The molecule has 16 heavy (non-hydrogen) atoms. The van der Waals surface area contributed by atoms with E-state index in [0.717, 1.165) is 34.4 Å². The summed E-state index contributed by atoms with van der Waals surface area (Å²) in [5, 5.41) is 0.748. The lowest BCUT2D eigenvalue weighted by Gasteiger charge is -2.21. The van der Waals surface area contributed by atoms with E-state index in [4.69, 9.17) is 10.5 Å². The lowest BCUT2D eigenvalue weighted by Crippen LogP contribution is -2.17. The summed E-state index contributed by atoms with van der Waals surface area (Å²) < 4.78 is 6.47. The van der Waals surface area contributed by atoms with Crippen LogP contribution in [-0.4, -0.2) is 18.5 Å². The average molecular weight is 302 g/mol. The molecule has 1 fully saturated rings. The van der Waals surface area contributed by atoms with Crippen LogP contribution in [0.5, 0.6) is 0 Å². The second-order valence-corrected chi connectivity index (χ2v) is 6.12. The molecule has 2 rings (SSSR count). The molecular formula is C12H16BrNOS. The fourth-order valence-electron chi connectivity index (χ4n) is 1.73. The molecule has 1 aromatic rings. The minimum atomic E-state index is 0.748. The van der Waals surface area contributed by atoms with Gasteiger partial charge in [-0.05, 0) is 30.5 Å². The normalized spacial score (nSPS) is 17.6. The van der Waals surface area contributed by atoms with Crippen molar-refractivity contribution in [3.8, 4) is 0 Å². The molecule has 0 spiro atoms. The maximum atomic E-state index is 5.71. The highest BCUT2D eigenvalue weighted by Gasteiger charge is 2.14. The quantitative estimate of drug-likeness (QED) is 0.869. The number of benzene rings is 1. The topological polar surface area (TPSA) is 35.2 Å². The highest BCUT2D eigenvalue weighted by atomic mass is 79.9. The molecule has 2 nitrogen and oxygen atoms in total. The van der Waals surface area contributed by atoms with E-state index in [2.05, 4.69) is 22.0 Å². The van der Waals surface area contributed by atoms with Crippen LogP contribution in [0, 0.1) is 0 Å². The number of anilines is 1. The Morgan fingerprint density at radius 2 is 2.12 bits per heavy atom. The van der Waals surface area contributed by atoms with Crippen molar-refractivity contribution in [2.45, 2.75) is 23.8 Å². The van der Waals surface area contributed by atoms with Crippen molar-refractivity contribution in [2.75, 3.05) is 18.9 Å². The van der Waals surface area contributed by atoms with Gasteiger partial charge in [0.1, 0.15) is 0 Å². The van der Waals surface area contributed by atoms with Crippen LogP contribution in [0.25, 0.3) is 0 Å². The molecule has 0 aromatic heterocycles. The molecule has 0 aliphatic carbocycles. The molecule has 0 atom stereocenters. The summed E-state index contributed by atoms with van der Waals surface area (Å²) in [6.07, 6.45) is 2.36. The van der Waals surface area contributed by atoms with Gasteiger partial charge in [-0.25, -0.2) is 0 Å². The summed E-state index contributed by atoms with van der Waals surface area (Å²) in [4.78, 5) is 0. The van der Waals surface area contributed by atoms with E-state index in [1.807, 2.05) is 23.9 Å². The molecule has 1 saturated heterocycles. The van der Waals surface area contributed by atoms with Gasteiger partial charge in [-0.1, -0.05) is 22.0 Å². The molecule has 1 aliphatic heterocycles. The first-order valence-corrected chi connectivity index (χ1v) is 7.33. The molecule has 1 aromatic carbocycles. The summed E-state index contributed by atoms with van der Waals surface area (Å²) in [5.41, 5.74) is 7.85. The van der Waals surface area contributed by atoms with Crippen LogP contribution in [0.1, 0.15) is 18.4 Å². The van der Waals surface area contributed by atoms with E-state index in [1.54, 1.807) is 0 Å².